The van der Waals surface area contributed by atoms with Gasteiger partial charge in [0.05, 0.1) is 11.1 Å². The van der Waals surface area contributed by atoms with Crippen LogP contribution in [0.4, 0.5) is 17.6 Å². The van der Waals surface area contributed by atoms with E-state index in [1.54, 1.807) is 0 Å². The van der Waals surface area contributed by atoms with Crippen molar-refractivity contribution in [3.8, 4) is 5.69 Å². The Hall–Kier alpha value is -3.75. The molecule has 0 bridgehead atoms. The summed E-state index contributed by atoms with van der Waals surface area (Å²) in [6.45, 7) is 1.10. The van der Waals surface area contributed by atoms with Gasteiger partial charge in [0.2, 0.25) is 5.78 Å². The summed E-state index contributed by atoms with van der Waals surface area (Å²) >= 11 is 0. The van der Waals surface area contributed by atoms with Crippen LogP contribution in [0.3, 0.4) is 0 Å². The molecule has 0 saturated carbocycles. The van der Waals surface area contributed by atoms with E-state index in [4.69, 9.17) is 4.74 Å². The molecule has 0 amide bonds. The number of nitrogens with zero attached hydrogens (tertiary/aromatic N) is 1. The number of hydrogen-bond donors (Lipinski definition) is 0. The van der Waals surface area contributed by atoms with Crippen LogP contribution in [0.2, 0.25) is 0 Å². The second-order valence-corrected chi connectivity index (χ2v) is 6.26. The predicted molar refractivity (Wildman–Crippen MR) is 97.5 cm³/mol. The van der Waals surface area contributed by atoms with Gasteiger partial charge in [0.15, 0.2) is 6.10 Å². The minimum atomic E-state index is -1.60. The maximum atomic E-state index is 13.8. The van der Waals surface area contributed by atoms with Gasteiger partial charge in [-0.05, 0) is 37.3 Å². The number of rotatable bonds is 5. The van der Waals surface area contributed by atoms with Crippen molar-refractivity contribution in [2.75, 3.05) is 0 Å². The third-order valence-electron chi connectivity index (χ3n) is 4.16. The summed E-state index contributed by atoms with van der Waals surface area (Å²) in [5, 5.41) is 0. The van der Waals surface area contributed by atoms with Gasteiger partial charge in [0.25, 0.3) is 5.56 Å². The largest absolute Gasteiger partial charge is 0.451 e. The van der Waals surface area contributed by atoms with Crippen LogP contribution in [-0.4, -0.2) is 22.4 Å². The first-order chi connectivity index (χ1) is 14.2. The third-order valence-corrected chi connectivity index (χ3v) is 4.16. The topological polar surface area (TPSA) is 65.4 Å². The van der Waals surface area contributed by atoms with Crippen molar-refractivity contribution in [2.45, 2.75) is 13.0 Å². The number of ketones is 1. The number of benzene rings is 2. The van der Waals surface area contributed by atoms with Gasteiger partial charge in [0, 0.05) is 30.1 Å². The fraction of sp³-hybridized carbons (Fsp3) is 0.0952. The third kappa shape index (κ3) is 4.29. The highest BCUT2D eigenvalue weighted by molar-refractivity contribution is 6.01. The molecule has 1 aromatic heterocycles. The SMILES string of the molecule is CC(OC(=O)c1ccc(=O)n(-c2ccc(F)cc2)c1)C(=O)c1c(F)cc(F)cc1F. The maximum absolute atomic E-state index is 13.8. The Morgan fingerprint density at radius 3 is 2.10 bits per heavy atom. The molecule has 0 spiro atoms. The second kappa shape index (κ2) is 8.32. The first-order valence-corrected chi connectivity index (χ1v) is 8.55. The van der Waals surface area contributed by atoms with Crippen molar-refractivity contribution in [3.63, 3.8) is 0 Å². The van der Waals surface area contributed by atoms with Crippen molar-refractivity contribution in [3.05, 3.63) is 99.5 Å². The minimum Gasteiger partial charge on any atom is -0.451 e. The van der Waals surface area contributed by atoms with E-state index in [9.17, 15) is 31.9 Å². The summed E-state index contributed by atoms with van der Waals surface area (Å²) in [5.74, 6) is -6.82. The number of carbonyl (C=O) groups excluding carboxylic acids is 2. The van der Waals surface area contributed by atoms with E-state index in [1.807, 2.05) is 0 Å². The molecule has 9 heteroatoms. The molecule has 1 unspecified atom stereocenters. The Kier molecular flexibility index (Phi) is 5.81. The zero-order chi connectivity index (χ0) is 22.0. The number of Topliss-reactive ketones (excluding diaryl/α,β-unsaturated/α-hetero) is 1. The van der Waals surface area contributed by atoms with E-state index in [0.717, 1.165) is 42.0 Å². The van der Waals surface area contributed by atoms with Gasteiger partial charge in [-0.25, -0.2) is 22.4 Å². The average Bonchev–Trinajstić information content (AvgIpc) is 2.68. The monoisotopic (exact) mass is 419 g/mol. The van der Waals surface area contributed by atoms with Crippen LogP contribution in [0.15, 0.2) is 59.5 Å². The summed E-state index contributed by atoms with van der Waals surface area (Å²) in [7, 11) is 0. The lowest BCUT2D eigenvalue weighted by Gasteiger charge is -2.14. The number of halogens is 4. The molecule has 5 nitrogen and oxygen atoms in total. The standard InChI is InChI=1S/C21H13F4NO4/c1-11(20(28)19-16(24)8-14(23)9-17(19)25)30-21(29)12-2-7-18(27)26(10-12)15-5-3-13(22)4-6-15/h2-11H,1H3. The first kappa shape index (κ1) is 21.0. The van der Waals surface area contributed by atoms with Crippen molar-refractivity contribution < 1.29 is 31.9 Å². The lowest BCUT2D eigenvalue weighted by Crippen LogP contribution is -2.27. The van der Waals surface area contributed by atoms with E-state index in [2.05, 4.69) is 0 Å². The van der Waals surface area contributed by atoms with Gasteiger partial charge in [0.1, 0.15) is 23.3 Å². The first-order valence-electron chi connectivity index (χ1n) is 8.55. The lowest BCUT2D eigenvalue weighted by atomic mass is 10.1. The molecule has 1 atom stereocenters. The predicted octanol–water partition coefficient (Wildman–Crippen LogP) is 3.82. The van der Waals surface area contributed by atoms with Crippen LogP contribution in [0.5, 0.6) is 0 Å². The quantitative estimate of drug-likeness (QED) is 0.358. The lowest BCUT2D eigenvalue weighted by molar-refractivity contribution is 0.0314. The van der Waals surface area contributed by atoms with Crippen molar-refractivity contribution in [2.24, 2.45) is 0 Å². The summed E-state index contributed by atoms with van der Waals surface area (Å²) in [4.78, 5) is 36.7. The Morgan fingerprint density at radius 2 is 1.50 bits per heavy atom. The molecule has 30 heavy (non-hydrogen) atoms. The number of esters is 1. The van der Waals surface area contributed by atoms with E-state index in [1.165, 1.54) is 12.1 Å². The molecule has 0 aliphatic heterocycles. The molecule has 2 aromatic carbocycles. The van der Waals surface area contributed by atoms with Gasteiger partial charge in [-0.1, -0.05) is 0 Å². The number of ether oxygens (including phenoxy) is 1. The number of pyridine rings is 1. The Bertz CT molecular complexity index is 1170. The normalized spacial score (nSPS) is 11.8. The molecule has 0 radical (unpaired) electrons. The van der Waals surface area contributed by atoms with Gasteiger partial charge in [-0.2, -0.15) is 0 Å². The Balaban J connectivity index is 1.84. The molecule has 1 heterocycles. The molecule has 154 valence electrons. The number of aromatic nitrogens is 1. The van der Waals surface area contributed by atoms with Crippen molar-refractivity contribution >= 4 is 11.8 Å². The minimum absolute atomic E-state index is 0.140. The van der Waals surface area contributed by atoms with Crippen LogP contribution in [0.25, 0.3) is 5.69 Å². The van der Waals surface area contributed by atoms with E-state index < -0.39 is 52.2 Å². The molecule has 0 aliphatic carbocycles. The Morgan fingerprint density at radius 1 is 0.900 bits per heavy atom. The summed E-state index contributed by atoms with van der Waals surface area (Å²) in [6.07, 6.45) is -0.480. The summed E-state index contributed by atoms with van der Waals surface area (Å²) in [6, 6.07) is 7.76. The van der Waals surface area contributed by atoms with E-state index >= 15 is 0 Å². The molecule has 3 rings (SSSR count). The van der Waals surface area contributed by atoms with Crippen LogP contribution in [-0.2, 0) is 4.74 Å². The average molecular weight is 419 g/mol. The number of hydrogen-bond acceptors (Lipinski definition) is 4. The van der Waals surface area contributed by atoms with Crippen LogP contribution in [0, 0.1) is 23.3 Å². The highest BCUT2D eigenvalue weighted by atomic mass is 19.1. The molecule has 3 aromatic rings. The van der Waals surface area contributed by atoms with Crippen molar-refractivity contribution in [1.82, 2.24) is 4.57 Å². The van der Waals surface area contributed by atoms with Gasteiger partial charge >= 0.3 is 5.97 Å². The van der Waals surface area contributed by atoms with E-state index in [0.29, 0.717) is 12.1 Å². The van der Waals surface area contributed by atoms with Gasteiger partial charge in [-0.15, -0.1) is 0 Å². The molecular formula is C21H13F4NO4. The Labute approximate surface area is 167 Å². The summed E-state index contributed by atoms with van der Waals surface area (Å²) < 4.78 is 59.7. The molecule has 0 N–H and O–H groups in total. The number of carbonyl (C=O) groups is 2. The van der Waals surface area contributed by atoms with Crippen LogP contribution >= 0.6 is 0 Å². The zero-order valence-electron chi connectivity index (χ0n) is 15.4. The van der Waals surface area contributed by atoms with E-state index in [-0.39, 0.29) is 11.3 Å². The molecule has 0 aliphatic rings. The highest BCUT2D eigenvalue weighted by Crippen LogP contribution is 2.18. The summed E-state index contributed by atoms with van der Waals surface area (Å²) in [5.41, 5.74) is -1.42. The van der Waals surface area contributed by atoms with Crippen molar-refractivity contribution in [1.29, 1.82) is 0 Å². The zero-order valence-corrected chi connectivity index (χ0v) is 15.4. The fourth-order valence-corrected chi connectivity index (χ4v) is 2.67. The molecule has 0 fully saturated rings. The van der Waals surface area contributed by atoms with Gasteiger partial charge in [-0.3, -0.25) is 14.2 Å². The second-order valence-electron chi connectivity index (χ2n) is 6.26. The maximum Gasteiger partial charge on any atom is 0.340 e. The highest BCUT2D eigenvalue weighted by Gasteiger charge is 2.27. The van der Waals surface area contributed by atoms with Gasteiger partial charge < -0.3 is 4.74 Å². The smallest absolute Gasteiger partial charge is 0.340 e. The van der Waals surface area contributed by atoms with Crippen LogP contribution in [0.1, 0.15) is 27.6 Å². The molecular weight excluding hydrogens is 406 g/mol. The molecule has 0 saturated heterocycles. The fourth-order valence-electron chi connectivity index (χ4n) is 2.67. The van der Waals surface area contributed by atoms with Crippen LogP contribution < -0.4 is 5.56 Å².